The van der Waals surface area contributed by atoms with Crippen molar-refractivity contribution >= 4 is 27.5 Å². The first kappa shape index (κ1) is 15.7. The molecule has 1 spiro atoms. The van der Waals surface area contributed by atoms with Crippen molar-refractivity contribution in [3.05, 3.63) is 33.3 Å². The Hall–Kier alpha value is -0.170. The van der Waals surface area contributed by atoms with Crippen LogP contribution in [0.1, 0.15) is 30.9 Å². The summed E-state index contributed by atoms with van der Waals surface area (Å²) in [5.74, 6) is 6.27. The van der Waals surface area contributed by atoms with Gasteiger partial charge in [0.25, 0.3) is 0 Å². The van der Waals surface area contributed by atoms with Crippen molar-refractivity contribution in [2.75, 3.05) is 19.8 Å². The summed E-state index contributed by atoms with van der Waals surface area (Å²) in [4.78, 5) is 0. The number of ether oxygens (including phenoxy) is 2. The quantitative estimate of drug-likeness (QED) is 0.629. The highest BCUT2D eigenvalue weighted by Crippen LogP contribution is 2.41. The normalized spacial score (nSPS) is 30.7. The van der Waals surface area contributed by atoms with Gasteiger partial charge in [0.1, 0.15) is 0 Å². The Kier molecular flexibility index (Phi) is 4.88. The van der Waals surface area contributed by atoms with E-state index < -0.39 is 0 Å². The molecule has 2 saturated heterocycles. The maximum Gasteiger partial charge on any atom is 0.0940 e. The van der Waals surface area contributed by atoms with E-state index in [2.05, 4.69) is 21.4 Å². The van der Waals surface area contributed by atoms with Crippen molar-refractivity contribution in [3.63, 3.8) is 0 Å². The zero-order valence-electron chi connectivity index (χ0n) is 11.8. The Morgan fingerprint density at radius 2 is 2.29 bits per heavy atom. The van der Waals surface area contributed by atoms with Gasteiger partial charge in [-0.1, -0.05) is 17.7 Å². The van der Waals surface area contributed by atoms with E-state index in [-0.39, 0.29) is 11.6 Å². The molecule has 2 fully saturated rings. The van der Waals surface area contributed by atoms with E-state index in [1.54, 1.807) is 0 Å². The molecule has 21 heavy (non-hydrogen) atoms. The first-order chi connectivity index (χ1) is 10.1. The van der Waals surface area contributed by atoms with Gasteiger partial charge < -0.3 is 9.47 Å². The highest BCUT2D eigenvalue weighted by atomic mass is 79.9. The van der Waals surface area contributed by atoms with Crippen LogP contribution in [-0.2, 0) is 9.47 Å². The number of halogens is 2. The van der Waals surface area contributed by atoms with Gasteiger partial charge in [0.15, 0.2) is 0 Å². The Morgan fingerprint density at radius 3 is 2.95 bits per heavy atom. The molecule has 6 heteroatoms. The molecule has 2 aliphatic heterocycles. The third-order valence-electron chi connectivity index (χ3n) is 4.55. The lowest BCUT2D eigenvalue weighted by atomic mass is 9.79. The van der Waals surface area contributed by atoms with Crippen LogP contribution in [0.2, 0.25) is 5.02 Å². The van der Waals surface area contributed by atoms with E-state index in [4.69, 9.17) is 26.9 Å². The second kappa shape index (κ2) is 6.52. The van der Waals surface area contributed by atoms with Crippen molar-refractivity contribution in [3.8, 4) is 0 Å². The number of benzene rings is 1. The number of hydrogen-bond acceptors (Lipinski definition) is 4. The summed E-state index contributed by atoms with van der Waals surface area (Å²) in [5, 5.41) is 0.710. The number of hydrogen-bond donors (Lipinski definition) is 2. The smallest absolute Gasteiger partial charge is 0.0940 e. The summed E-state index contributed by atoms with van der Waals surface area (Å²) in [6.45, 7) is 2.26. The zero-order chi connectivity index (χ0) is 14.9. The average molecular weight is 376 g/mol. The molecule has 0 radical (unpaired) electrons. The summed E-state index contributed by atoms with van der Waals surface area (Å²) in [5.41, 5.74) is 4.02. The summed E-state index contributed by atoms with van der Waals surface area (Å²) in [6, 6.07) is 6.07. The van der Waals surface area contributed by atoms with Crippen LogP contribution in [0.25, 0.3) is 0 Å². The lowest BCUT2D eigenvalue weighted by Gasteiger charge is -2.40. The molecular weight excluding hydrogens is 356 g/mol. The molecule has 1 aromatic rings. The topological polar surface area (TPSA) is 56.5 Å². The van der Waals surface area contributed by atoms with Crippen LogP contribution < -0.4 is 11.3 Å². The maximum absolute atomic E-state index is 6.08. The average Bonchev–Trinajstić information content (AvgIpc) is 2.91. The first-order valence-electron chi connectivity index (χ1n) is 7.26. The third-order valence-corrected chi connectivity index (χ3v) is 5.77. The van der Waals surface area contributed by atoms with Gasteiger partial charge in [-0.2, -0.15) is 0 Å². The number of rotatable bonds is 3. The second-order valence-corrected chi connectivity index (χ2v) is 7.17. The predicted octanol–water partition coefficient (Wildman–Crippen LogP) is 3.19. The molecule has 2 heterocycles. The van der Waals surface area contributed by atoms with Crippen LogP contribution in [0.3, 0.4) is 0 Å². The first-order valence-corrected chi connectivity index (χ1v) is 8.43. The zero-order valence-corrected chi connectivity index (χ0v) is 14.1. The molecule has 0 aliphatic carbocycles. The van der Waals surface area contributed by atoms with E-state index in [1.165, 1.54) is 0 Å². The Bertz CT molecular complexity index is 508. The lowest BCUT2D eigenvalue weighted by molar-refractivity contribution is -0.103. The highest BCUT2D eigenvalue weighted by molar-refractivity contribution is 9.10. The van der Waals surface area contributed by atoms with Crippen LogP contribution in [0, 0.1) is 5.92 Å². The minimum absolute atomic E-state index is 0.0972. The van der Waals surface area contributed by atoms with Gasteiger partial charge in [0.2, 0.25) is 0 Å². The van der Waals surface area contributed by atoms with E-state index in [1.807, 2.05) is 18.2 Å². The summed E-state index contributed by atoms with van der Waals surface area (Å²) in [6.07, 6.45) is 2.95. The minimum Gasteiger partial charge on any atom is -0.378 e. The van der Waals surface area contributed by atoms with Crippen LogP contribution in [-0.4, -0.2) is 25.4 Å². The Morgan fingerprint density at radius 1 is 1.43 bits per heavy atom. The molecule has 3 N–H and O–H groups in total. The van der Waals surface area contributed by atoms with E-state index in [0.717, 1.165) is 42.5 Å². The fourth-order valence-corrected chi connectivity index (χ4v) is 3.94. The van der Waals surface area contributed by atoms with Gasteiger partial charge in [-0.15, -0.1) is 0 Å². The van der Waals surface area contributed by atoms with Gasteiger partial charge in [0, 0.05) is 30.1 Å². The van der Waals surface area contributed by atoms with Crippen molar-refractivity contribution < 1.29 is 9.47 Å². The van der Waals surface area contributed by atoms with Crippen LogP contribution >= 0.6 is 27.5 Å². The van der Waals surface area contributed by atoms with Crippen LogP contribution in [0.5, 0.6) is 0 Å². The number of hydrazine groups is 1. The minimum atomic E-state index is -0.109. The van der Waals surface area contributed by atoms with E-state index in [9.17, 15) is 0 Å². The molecule has 3 unspecified atom stereocenters. The van der Waals surface area contributed by atoms with Crippen molar-refractivity contribution in [2.45, 2.75) is 30.9 Å². The van der Waals surface area contributed by atoms with Crippen molar-refractivity contribution in [2.24, 2.45) is 11.8 Å². The van der Waals surface area contributed by atoms with Gasteiger partial charge in [-0.05, 0) is 52.4 Å². The monoisotopic (exact) mass is 374 g/mol. The largest absolute Gasteiger partial charge is 0.378 e. The lowest BCUT2D eigenvalue weighted by Crippen LogP contribution is -2.45. The summed E-state index contributed by atoms with van der Waals surface area (Å²) in [7, 11) is 0. The summed E-state index contributed by atoms with van der Waals surface area (Å²) < 4.78 is 12.4. The molecule has 4 nitrogen and oxygen atoms in total. The molecule has 0 saturated carbocycles. The van der Waals surface area contributed by atoms with E-state index >= 15 is 0 Å². The third kappa shape index (κ3) is 3.28. The highest BCUT2D eigenvalue weighted by Gasteiger charge is 2.43. The molecule has 116 valence electrons. The van der Waals surface area contributed by atoms with Crippen LogP contribution in [0.4, 0.5) is 0 Å². The van der Waals surface area contributed by atoms with Gasteiger partial charge in [-0.3, -0.25) is 11.3 Å². The maximum atomic E-state index is 6.08. The van der Waals surface area contributed by atoms with Gasteiger partial charge in [-0.25, -0.2) is 0 Å². The SMILES string of the molecule is NNC(c1ccc(Cl)c(Br)c1)C1CCOC2(CCOC2)C1. The molecule has 0 aromatic heterocycles. The fourth-order valence-electron chi connectivity index (χ4n) is 3.42. The fraction of sp³-hybridized carbons (Fsp3) is 0.600. The van der Waals surface area contributed by atoms with Crippen LogP contribution in [0.15, 0.2) is 22.7 Å². The Balaban J connectivity index is 1.80. The standard InChI is InChI=1S/C15H20BrClN2O2/c16-12-7-10(1-2-13(12)17)14(19-18)11-3-5-21-15(8-11)4-6-20-9-15/h1-2,7,11,14,19H,3-6,8-9,18H2. The second-order valence-electron chi connectivity index (χ2n) is 5.90. The molecule has 0 amide bonds. The predicted molar refractivity (Wildman–Crippen MR) is 86.1 cm³/mol. The van der Waals surface area contributed by atoms with Crippen molar-refractivity contribution in [1.82, 2.24) is 5.43 Å². The molecular formula is C15H20BrClN2O2. The number of nitrogens with one attached hydrogen (secondary N) is 1. The molecule has 1 aromatic carbocycles. The molecule has 3 atom stereocenters. The number of nitrogens with two attached hydrogens (primary N) is 1. The van der Waals surface area contributed by atoms with Gasteiger partial charge >= 0.3 is 0 Å². The van der Waals surface area contributed by atoms with Crippen molar-refractivity contribution in [1.29, 1.82) is 0 Å². The molecule has 2 aliphatic rings. The van der Waals surface area contributed by atoms with Gasteiger partial charge in [0.05, 0.1) is 17.2 Å². The molecule has 3 rings (SSSR count). The molecule has 0 bridgehead atoms. The summed E-state index contributed by atoms with van der Waals surface area (Å²) >= 11 is 9.56. The Labute approximate surface area is 138 Å². The van der Waals surface area contributed by atoms with E-state index in [0.29, 0.717) is 17.5 Å².